The van der Waals surface area contributed by atoms with Crippen LogP contribution >= 0.6 is 0 Å². The van der Waals surface area contributed by atoms with Crippen LogP contribution < -0.4 is 0 Å². The molecule has 0 aliphatic heterocycles. The number of carbonyl (C=O) groups is 1. The monoisotopic (exact) mass is 172 g/mol. The first kappa shape index (κ1) is 11.6. The lowest BCUT2D eigenvalue weighted by Gasteiger charge is -2.16. The van der Waals surface area contributed by atoms with E-state index in [-0.39, 0.29) is 5.41 Å². The van der Waals surface area contributed by atoms with Crippen molar-refractivity contribution < 1.29 is 9.53 Å². The third-order valence-corrected chi connectivity index (χ3v) is 1.69. The van der Waals surface area contributed by atoms with Crippen LogP contribution in [0.25, 0.3) is 0 Å². The van der Waals surface area contributed by atoms with Gasteiger partial charge in [-0.05, 0) is 6.42 Å². The van der Waals surface area contributed by atoms with Gasteiger partial charge in [-0.15, -0.1) is 0 Å². The molecule has 0 fully saturated rings. The molecule has 0 amide bonds. The van der Waals surface area contributed by atoms with Crippen LogP contribution in [-0.4, -0.2) is 19.5 Å². The molecule has 0 aromatic rings. The van der Waals surface area contributed by atoms with E-state index in [2.05, 4.69) is 6.92 Å². The molecule has 0 rings (SSSR count). The Morgan fingerprint density at radius 3 is 2.50 bits per heavy atom. The van der Waals surface area contributed by atoms with E-state index in [9.17, 15) is 4.79 Å². The van der Waals surface area contributed by atoms with Gasteiger partial charge in [-0.25, -0.2) is 0 Å². The van der Waals surface area contributed by atoms with Crippen molar-refractivity contribution in [2.24, 2.45) is 5.41 Å². The van der Waals surface area contributed by atoms with Gasteiger partial charge in [0, 0.05) is 12.0 Å². The maximum atomic E-state index is 10.5. The molecule has 0 unspecified atom stereocenters. The van der Waals surface area contributed by atoms with Crippen molar-refractivity contribution in [3.8, 4) is 0 Å². The summed E-state index contributed by atoms with van der Waals surface area (Å²) in [4.78, 5) is 10.5. The Hall–Kier alpha value is -0.370. The van der Waals surface area contributed by atoms with Gasteiger partial charge in [0.05, 0.1) is 6.61 Å². The van der Waals surface area contributed by atoms with E-state index >= 15 is 0 Å². The maximum Gasteiger partial charge on any atom is 0.127 e. The average Bonchev–Trinajstić information content (AvgIpc) is 2.04. The van der Waals surface area contributed by atoms with Gasteiger partial charge in [-0.3, -0.25) is 0 Å². The molecule has 0 spiro atoms. The largest absolute Gasteiger partial charge is 0.380 e. The summed E-state index contributed by atoms with van der Waals surface area (Å²) in [6.07, 6.45) is 4.47. The van der Waals surface area contributed by atoms with Crippen molar-refractivity contribution in [2.75, 3.05) is 13.2 Å². The normalized spacial score (nSPS) is 11.6. The van der Waals surface area contributed by atoms with Crippen LogP contribution in [0.15, 0.2) is 0 Å². The van der Waals surface area contributed by atoms with Crippen LogP contribution in [0.5, 0.6) is 0 Å². The van der Waals surface area contributed by atoms with Gasteiger partial charge >= 0.3 is 0 Å². The van der Waals surface area contributed by atoms with Gasteiger partial charge in [-0.2, -0.15) is 0 Å². The Balaban J connectivity index is 3.25. The Kier molecular flexibility index (Phi) is 5.99. The number of aldehydes is 1. The van der Waals surface area contributed by atoms with Gasteiger partial charge < -0.3 is 9.53 Å². The molecule has 0 aromatic heterocycles. The van der Waals surface area contributed by atoms with Crippen molar-refractivity contribution in [3.05, 3.63) is 0 Å². The van der Waals surface area contributed by atoms with E-state index in [0.29, 0.717) is 6.61 Å². The first-order valence-corrected chi connectivity index (χ1v) is 4.66. The number of ether oxygens (including phenoxy) is 1. The highest BCUT2D eigenvalue weighted by Crippen LogP contribution is 2.11. The van der Waals surface area contributed by atoms with Crippen LogP contribution in [0.2, 0.25) is 0 Å². The molecule has 0 heterocycles. The standard InChI is InChI=1S/C10H20O2/c1-4-5-6-7-12-9-10(2,3)8-11/h8H,4-7,9H2,1-3H3. The molecule has 12 heavy (non-hydrogen) atoms. The molecule has 2 heteroatoms. The highest BCUT2D eigenvalue weighted by atomic mass is 16.5. The number of carbonyl (C=O) groups excluding carboxylic acids is 1. The highest BCUT2D eigenvalue weighted by molar-refractivity contribution is 5.57. The summed E-state index contributed by atoms with van der Waals surface area (Å²) in [5, 5.41) is 0. The fourth-order valence-corrected chi connectivity index (χ4v) is 0.823. The fraction of sp³-hybridized carbons (Fsp3) is 0.900. The maximum absolute atomic E-state index is 10.5. The molecule has 0 aliphatic carbocycles. The van der Waals surface area contributed by atoms with Crippen LogP contribution in [0.4, 0.5) is 0 Å². The van der Waals surface area contributed by atoms with Gasteiger partial charge in [0.2, 0.25) is 0 Å². The Morgan fingerprint density at radius 1 is 1.33 bits per heavy atom. The molecule has 2 nitrogen and oxygen atoms in total. The molecular weight excluding hydrogens is 152 g/mol. The van der Waals surface area contributed by atoms with Crippen LogP contribution in [0, 0.1) is 5.41 Å². The van der Waals surface area contributed by atoms with E-state index in [1.807, 2.05) is 13.8 Å². The van der Waals surface area contributed by atoms with Crippen LogP contribution in [0.1, 0.15) is 40.0 Å². The van der Waals surface area contributed by atoms with Crippen molar-refractivity contribution in [1.29, 1.82) is 0 Å². The highest BCUT2D eigenvalue weighted by Gasteiger charge is 2.15. The number of rotatable bonds is 7. The molecule has 0 saturated heterocycles. The molecule has 72 valence electrons. The zero-order valence-electron chi connectivity index (χ0n) is 8.43. The van der Waals surface area contributed by atoms with Gasteiger partial charge in [0.1, 0.15) is 6.29 Å². The van der Waals surface area contributed by atoms with E-state index in [1.165, 1.54) is 12.8 Å². The second-order valence-corrected chi connectivity index (χ2v) is 3.87. The minimum absolute atomic E-state index is 0.313. The predicted octanol–water partition coefficient (Wildman–Crippen LogP) is 2.42. The Labute approximate surface area is 75.3 Å². The van der Waals surface area contributed by atoms with Crippen molar-refractivity contribution in [1.82, 2.24) is 0 Å². The Bertz CT molecular complexity index is 119. The third kappa shape index (κ3) is 6.35. The van der Waals surface area contributed by atoms with Crippen molar-refractivity contribution in [2.45, 2.75) is 40.0 Å². The first-order valence-electron chi connectivity index (χ1n) is 4.66. The van der Waals surface area contributed by atoms with Crippen molar-refractivity contribution in [3.63, 3.8) is 0 Å². The lowest BCUT2D eigenvalue weighted by Crippen LogP contribution is -2.21. The summed E-state index contributed by atoms with van der Waals surface area (Å²) >= 11 is 0. The zero-order chi connectivity index (χ0) is 9.45. The molecule has 0 atom stereocenters. The van der Waals surface area contributed by atoms with Crippen LogP contribution in [-0.2, 0) is 9.53 Å². The third-order valence-electron chi connectivity index (χ3n) is 1.69. The minimum Gasteiger partial charge on any atom is -0.380 e. The first-order chi connectivity index (χ1) is 5.62. The molecule has 0 radical (unpaired) electrons. The summed E-state index contributed by atoms with van der Waals surface area (Å²) in [5.41, 5.74) is -0.313. The van der Waals surface area contributed by atoms with E-state index < -0.39 is 0 Å². The summed E-state index contributed by atoms with van der Waals surface area (Å²) in [7, 11) is 0. The molecule has 0 bridgehead atoms. The molecule has 0 aromatic carbocycles. The quantitative estimate of drug-likeness (QED) is 0.435. The SMILES string of the molecule is CCCCCOCC(C)(C)C=O. The van der Waals surface area contributed by atoms with E-state index in [0.717, 1.165) is 19.3 Å². The second-order valence-electron chi connectivity index (χ2n) is 3.87. The van der Waals surface area contributed by atoms with Gasteiger partial charge in [0.25, 0.3) is 0 Å². The summed E-state index contributed by atoms with van der Waals surface area (Å²) < 4.78 is 5.36. The van der Waals surface area contributed by atoms with Gasteiger partial charge in [-0.1, -0.05) is 33.6 Å². The fourth-order valence-electron chi connectivity index (χ4n) is 0.823. The van der Waals surface area contributed by atoms with Crippen molar-refractivity contribution >= 4 is 6.29 Å². The minimum atomic E-state index is -0.313. The van der Waals surface area contributed by atoms with E-state index in [4.69, 9.17) is 4.74 Å². The lowest BCUT2D eigenvalue weighted by atomic mass is 9.98. The molecular formula is C10H20O2. The van der Waals surface area contributed by atoms with Crippen LogP contribution in [0.3, 0.4) is 0 Å². The second kappa shape index (κ2) is 6.18. The summed E-state index contributed by atoms with van der Waals surface area (Å²) in [6, 6.07) is 0. The zero-order valence-corrected chi connectivity index (χ0v) is 8.43. The molecule has 0 aliphatic rings. The molecule has 0 N–H and O–H groups in total. The summed E-state index contributed by atoms with van der Waals surface area (Å²) in [6.45, 7) is 7.26. The molecule has 0 saturated carbocycles. The summed E-state index contributed by atoms with van der Waals surface area (Å²) in [5.74, 6) is 0. The lowest BCUT2D eigenvalue weighted by molar-refractivity contribution is -0.117. The number of hydrogen-bond donors (Lipinski definition) is 0. The van der Waals surface area contributed by atoms with Gasteiger partial charge in [0.15, 0.2) is 0 Å². The Morgan fingerprint density at radius 2 is 2.00 bits per heavy atom. The van der Waals surface area contributed by atoms with E-state index in [1.54, 1.807) is 0 Å². The topological polar surface area (TPSA) is 26.3 Å². The smallest absolute Gasteiger partial charge is 0.127 e. The number of unbranched alkanes of at least 4 members (excludes halogenated alkanes) is 2. The average molecular weight is 172 g/mol. The number of hydrogen-bond acceptors (Lipinski definition) is 2. The predicted molar refractivity (Wildman–Crippen MR) is 50.2 cm³/mol.